The van der Waals surface area contributed by atoms with E-state index in [1.165, 1.54) is 6.07 Å². The topological polar surface area (TPSA) is 49.5 Å². The first kappa shape index (κ1) is 14.1. The van der Waals surface area contributed by atoms with Crippen LogP contribution < -0.4 is 5.73 Å². The number of hydrogen-bond acceptors (Lipinski definition) is 3. The molecule has 17 heavy (non-hydrogen) atoms. The summed E-state index contributed by atoms with van der Waals surface area (Å²) in [6.07, 6.45) is 0. The maximum Gasteiger partial charge on any atom is 0.128 e. The summed E-state index contributed by atoms with van der Waals surface area (Å²) >= 11 is 0. The van der Waals surface area contributed by atoms with Crippen LogP contribution in [0.3, 0.4) is 0 Å². The predicted octanol–water partition coefficient (Wildman–Crippen LogP) is 1.53. The van der Waals surface area contributed by atoms with Gasteiger partial charge in [-0.1, -0.05) is 18.2 Å². The summed E-state index contributed by atoms with van der Waals surface area (Å²) < 4.78 is 13.7. The monoisotopic (exact) mass is 240 g/mol. The quantitative estimate of drug-likeness (QED) is 0.820. The van der Waals surface area contributed by atoms with Gasteiger partial charge >= 0.3 is 0 Å². The zero-order valence-corrected chi connectivity index (χ0v) is 10.7. The molecule has 3 N–H and O–H groups in total. The lowest BCUT2D eigenvalue weighted by Gasteiger charge is -2.32. The molecule has 0 fully saturated rings. The van der Waals surface area contributed by atoms with Gasteiger partial charge in [0.25, 0.3) is 0 Å². The van der Waals surface area contributed by atoms with E-state index in [9.17, 15) is 9.50 Å². The molecular formula is C13H21FN2O. The first-order valence-electron chi connectivity index (χ1n) is 5.72. The maximum absolute atomic E-state index is 13.7. The summed E-state index contributed by atoms with van der Waals surface area (Å²) in [4.78, 5) is 1.87. The van der Waals surface area contributed by atoms with Gasteiger partial charge in [-0.2, -0.15) is 0 Å². The van der Waals surface area contributed by atoms with Gasteiger partial charge in [0.15, 0.2) is 0 Å². The molecule has 0 bridgehead atoms. The standard InChI is InChI=1S/C13H21FN2O/c1-13(2,17)9-16(3)12(8-15)10-6-4-5-7-11(10)14/h4-7,12,17H,8-9,15H2,1-3H3. The number of nitrogens with zero attached hydrogens (tertiary/aromatic N) is 1. The van der Waals surface area contributed by atoms with Gasteiger partial charge < -0.3 is 10.8 Å². The molecule has 0 amide bonds. The Balaban J connectivity index is 2.89. The molecule has 1 aromatic rings. The van der Waals surface area contributed by atoms with Crippen molar-refractivity contribution in [3.63, 3.8) is 0 Å². The Morgan fingerprint density at radius 1 is 1.41 bits per heavy atom. The highest BCUT2D eigenvalue weighted by Crippen LogP contribution is 2.22. The molecule has 3 nitrogen and oxygen atoms in total. The fraction of sp³-hybridized carbons (Fsp3) is 0.538. The van der Waals surface area contributed by atoms with Crippen LogP contribution in [0.2, 0.25) is 0 Å². The summed E-state index contributed by atoms with van der Waals surface area (Å²) in [6, 6.07) is 6.38. The summed E-state index contributed by atoms with van der Waals surface area (Å²) in [6.45, 7) is 4.19. The number of nitrogens with two attached hydrogens (primary N) is 1. The number of likely N-dealkylation sites (N-methyl/N-ethyl adjacent to an activating group) is 1. The molecule has 0 saturated heterocycles. The Morgan fingerprint density at radius 2 is 2.00 bits per heavy atom. The molecule has 0 heterocycles. The summed E-state index contributed by atoms with van der Waals surface area (Å²) in [5, 5.41) is 9.77. The van der Waals surface area contributed by atoms with Gasteiger partial charge in [0.2, 0.25) is 0 Å². The van der Waals surface area contributed by atoms with Crippen molar-refractivity contribution in [2.75, 3.05) is 20.1 Å². The lowest BCUT2D eigenvalue weighted by atomic mass is 10.0. The smallest absolute Gasteiger partial charge is 0.128 e. The number of rotatable bonds is 5. The molecule has 0 aliphatic carbocycles. The number of aliphatic hydroxyl groups is 1. The highest BCUT2D eigenvalue weighted by atomic mass is 19.1. The van der Waals surface area contributed by atoms with E-state index in [1.807, 2.05) is 11.9 Å². The van der Waals surface area contributed by atoms with Crippen molar-refractivity contribution in [1.29, 1.82) is 0 Å². The maximum atomic E-state index is 13.7. The third-order valence-corrected chi connectivity index (χ3v) is 2.66. The average molecular weight is 240 g/mol. The Morgan fingerprint density at radius 3 is 2.47 bits per heavy atom. The molecule has 96 valence electrons. The molecule has 0 aromatic heterocycles. The lowest BCUT2D eigenvalue weighted by molar-refractivity contribution is 0.0316. The van der Waals surface area contributed by atoms with Crippen molar-refractivity contribution < 1.29 is 9.50 Å². The van der Waals surface area contributed by atoms with Gasteiger partial charge in [-0.3, -0.25) is 4.90 Å². The van der Waals surface area contributed by atoms with Gasteiger partial charge in [0, 0.05) is 24.7 Å². The van der Waals surface area contributed by atoms with Gasteiger partial charge in [-0.25, -0.2) is 4.39 Å². The Bertz CT molecular complexity index is 363. The molecule has 1 atom stereocenters. The molecule has 1 rings (SSSR count). The van der Waals surface area contributed by atoms with Crippen molar-refractivity contribution in [2.45, 2.75) is 25.5 Å². The Hall–Kier alpha value is -0.970. The van der Waals surface area contributed by atoms with Crippen molar-refractivity contribution >= 4 is 0 Å². The van der Waals surface area contributed by atoms with E-state index < -0.39 is 5.60 Å². The SMILES string of the molecule is CN(CC(C)(C)O)C(CN)c1ccccc1F. The van der Waals surface area contributed by atoms with E-state index >= 15 is 0 Å². The van der Waals surface area contributed by atoms with Crippen LogP contribution >= 0.6 is 0 Å². The van der Waals surface area contributed by atoms with Crippen LogP contribution in [0.15, 0.2) is 24.3 Å². The zero-order valence-electron chi connectivity index (χ0n) is 10.7. The number of halogens is 1. The van der Waals surface area contributed by atoms with Gasteiger partial charge in [0.05, 0.1) is 5.60 Å². The summed E-state index contributed by atoms with van der Waals surface area (Å²) in [5.74, 6) is -0.259. The summed E-state index contributed by atoms with van der Waals surface area (Å²) in [5.41, 5.74) is 5.45. The second kappa shape index (κ2) is 5.58. The van der Waals surface area contributed by atoms with Gasteiger partial charge in [-0.05, 0) is 27.0 Å². The molecule has 0 spiro atoms. The number of benzene rings is 1. The fourth-order valence-electron chi connectivity index (χ4n) is 2.01. The van der Waals surface area contributed by atoms with Crippen molar-refractivity contribution in [3.8, 4) is 0 Å². The molecule has 0 aliphatic rings. The first-order chi connectivity index (χ1) is 7.85. The third kappa shape index (κ3) is 4.07. The van der Waals surface area contributed by atoms with E-state index in [2.05, 4.69) is 0 Å². The molecule has 0 saturated carbocycles. The second-order valence-electron chi connectivity index (χ2n) is 5.00. The molecule has 1 aromatic carbocycles. The van der Waals surface area contributed by atoms with Gasteiger partial charge in [-0.15, -0.1) is 0 Å². The lowest BCUT2D eigenvalue weighted by Crippen LogP contribution is -2.41. The van der Waals surface area contributed by atoms with E-state index in [0.717, 1.165) is 0 Å². The van der Waals surface area contributed by atoms with Crippen LogP contribution in [0.5, 0.6) is 0 Å². The normalized spacial score (nSPS) is 14.1. The van der Waals surface area contributed by atoms with Crippen LogP contribution in [-0.2, 0) is 0 Å². The minimum atomic E-state index is -0.826. The van der Waals surface area contributed by atoms with Crippen molar-refractivity contribution in [2.24, 2.45) is 5.73 Å². The highest BCUT2D eigenvalue weighted by Gasteiger charge is 2.23. The fourth-order valence-corrected chi connectivity index (χ4v) is 2.01. The second-order valence-corrected chi connectivity index (χ2v) is 5.00. The molecular weight excluding hydrogens is 219 g/mol. The van der Waals surface area contributed by atoms with Gasteiger partial charge in [0.1, 0.15) is 5.82 Å². The molecule has 4 heteroatoms. The van der Waals surface area contributed by atoms with Crippen LogP contribution in [0.4, 0.5) is 4.39 Å². The Kier molecular flexibility index (Phi) is 4.62. The largest absolute Gasteiger partial charge is 0.389 e. The van der Waals surface area contributed by atoms with Crippen LogP contribution in [0, 0.1) is 5.82 Å². The van der Waals surface area contributed by atoms with Crippen molar-refractivity contribution in [1.82, 2.24) is 4.90 Å². The molecule has 0 radical (unpaired) electrons. The van der Waals surface area contributed by atoms with Crippen LogP contribution in [-0.4, -0.2) is 35.7 Å². The third-order valence-electron chi connectivity index (χ3n) is 2.66. The summed E-state index contributed by atoms with van der Waals surface area (Å²) in [7, 11) is 1.84. The zero-order chi connectivity index (χ0) is 13.1. The number of hydrogen-bond donors (Lipinski definition) is 2. The average Bonchev–Trinajstić information content (AvgIpc) is 2.19. The Labute approximate surface area is 102 Å². The molecule has 1 unspecified atom stereocenters. The first-order valence-corrected chi connectivity index (χ1v) is 5.72. The van der Waals surface area contributed by atoms with E-state index in [0.29, 0.717) is 18.7 Å². The van der Waals surface area contributed by atoms with E-state index in [-0.39, 0.29) is 11.9 Å². The van der Waals surface area contributed by atoms with Crippen molar-refractivity contribution in [3.05, 3.63) is 35.6 Å². The van der Waals surface area contributed by atoms with Crippen LogP contribution in [0.1, 0.15) is 25.5 Å². The molecule has 0 aliphatic heterocycles. The van der Waals surface area contributed by atoms with E-state index in [4.69, 9.17) is 5.73 Å². The van der Waals surface area contributed by atoms with Crippen LogP contribution in [0.25, 0.3) is 0 Å². The van der Waals surface area contributed by atoms with E-state index in [1.54, 1.807) is 32.0 Å². The highest BCUT2D eigenvalue weighted by molar-refractivity contribution is 5.21. The predicted molar refractivity (Wildman–Crippen MR) is 67.1 cm³/mol. The minimum absolute atomic E-state index is 0.220. The minimum Gasteiger partial charge on any atom is -0.389 e.